The topological polar surface area (TPSA) is 52.1 Å². The Morgan fingerprint density at radius 1 is 0.786 bits per heavy atom. The first-order valence-electron chi connectivity index (χ1n) is 8.74. The van der Waals surface area contributed by atoms with Gasteiger partial charge in [-0.3, -0.25) is 0 Å². The third-order valence-electron chi connectivity index (χ3n) is 4.57. The number of nitrogens with zero attached hydrogens (tertiary/aromatic N) is 2. The van der Waals surface area contributed by atoms with Gasteiger partial charge in [0.1, 0.15) is 5.75 Å². The minimum atomic E-state index is -0.471. The van der Waals surface area contributed by atoms with Crippen LogP contribution < -0.4 is 4.74 Å². The molecule has 5 heteroatoms. The SMILES string of the molecule is O=C(Oc1ccc2nc3ccc4ccccc4c3nc2c1)c1cccc(Cl)c1. The summed E-state index contributed by atoms with van der Waals surface area (Å²) < 4.78 is 5.50. The van der Waals surface area contributed by atoms with E-state index in [9.17, 15) is 4.79 Å². The highest BCUT2D eigenvalue weighted by molar-refractivity contribution is 6.30. The van der Waals surface area contributed by atoms with Gasteiger partial charge in [0.15, 0.2) is 0 Å². The first-order chi connectivity index (χ1) is 13.7. The third kappa shape index (κ3) is 2.94. The molecule has 0 atom stereocenters. The van der Waals surface area contributed by atoms with Crippen LogP contribution in [0, 0.1) is 0 Å². The van der Waals surface area contributed by atoms with E-state index in [2.05, 4.69) is 0 Å². The summed E-state index contributed by atoms with van der Waals surface area (Å²) in [5, 5.41) is 2.63. The zero-order chi connectivity index (χ0) is 19.1. The van der Waals surface area contributed by atoms with Crippen molar-refractivity contribution in [3.05, 3.63) is 89.4 Å². The Kier molecular flexibility index (Phi) is 3.92. The number of carbonyl (C=O) groups excluding carboxylic acids is 1. The van der Waals surface area contributed by atoms with Crippen LogP contribution >= 0.6 is 11.6 Å². The Balaban J connectivity index is 1.58. The molecule has 0 aliphatic carbocycles. The van der Waals surface area contributed by atoms with Gasteiger partial charge in [0.05, 0.1) is 27.6 Å². The van der Waals surface area contributed by atoms with Gasteiger partial charge in [-0.1, -0.05) is 48.0 Å². The lowest BCUT2D eigenvalue weighted by Crippen LogP contribution is -2.08. The Hall–Kier alpha value is -3.50. The maximum absolute atomic E-state index is 12.4. The average Bonchev–Trinajstić information content (AvgIpc) is 2.72. The summed E-state index contributed by atoms with van der Waals surface area (Å²) in [6, 6.07) is 24.0. The number of hydrogen-bond donors (Lipinski definition) is 0. The molecule has 5 rings (SSSR count). The normalized spacial score (nSPS) is 11.2. The molecule has 0 radical (unpaired) electrons. The van der Waals surface area contributed by atoms with Crippen LogP contribution in [-0.4, -0.2) is 15.9 Å². The standard InChI is InChI=1S/C23H13ClN2O2/c24-16-6-3-5-15(12-16)23(27)28-17-9-11-19-21(13-17)26-22-18-7-2-1-4-14(18)8-10-20(22)25-19/h1-13H. The Morgan fingerprint density at radius 3 is 2.54 bits per heavy atom. The fourth-order valence-corrected chi connectivity index (χ4v) is 3.42. The molecule has 28 heavy (non-hydrogen) atoms. The molecule has 1 aromatic heterocycles. The first kappa shape index (κ1) is 16.7. The fraction of sp³-hybridized carbons (Fsp3) is 0. The van der Waals surface area contributed by atoms with Gasteiger partial charge in [-0.25, -0.2) is 14.8 Å². The van der Waals surface area contributed by atoms with E-state index in [0.29, 0.717) is 21.9 Å². The van der Waals surface area contributed by atoms with Crippen molar-refractivity contribution in [2.75, 3.05) is 0 Å². The van der Waals surface area contributed by atoms with Gasteiger partial charge < -0.3 is 4.74 Å². The molecular weight excluding hydrogens is 372 g/mol. The molecule has 0 unspecified atom stereocenters. The highest BCUT2D eigenvalue weighted by Crippen LogP contribution is 2.26. The first-order valence-corrected chi connectivity index (χ1v) is 9.12. The minimum Gasteiger partial charge on any atom is -0.423 e. The van der Waals surface area contributed by atoms with Crippen LogP contribution in [0.15, 0.2) is 78.9 Å². The van der Waals surface area contributed by atoms with E-state index in [4.69, 9.17) is 26.3 Å². The van der Waals surface area contributed by atoms with Crippen LogP contribution in [0.25, 0.3) is 32.8 Å². The Bertz CT molecular complexity index is 1380. The van der Waals surface area contributed by atoms with Gasteiger partial charge in [0, 0.05) is 16.5 Å². The summed E-state index contributed by atoms with van der Waals surface area (Å²) >= 11 is 5.95. The van der Waals surface area contributed by atoms with Crippen molar-refractivity contribution in [1.82, 2.24) is 9.97 Å². The van der Waals surface area contributed by atoms with Crippen LogP contribution in [0.3, 0.4) is 0 Å². The average molecular weight is 385 g/mol. The molecule has 0 aliphatic heterocycles. The van der Waals surface area contributed by atoms with Gasteiger partial charge in [0.2, 0.25) is 0 Å². The molecule has 4 aromatic carbocycles. The van der Waals surface area contributed by atoms with Crippen LogP contribution in [-0.2, 0) is 0 Å². The predicted molar refractivity (Wildman–Crippen MR) is 111 cm³/mol. The number of halogens is 1. The predicted octanol–water partition coefficient (Wildman–Crippen LogP) is 5.81. The smallest absolute Gasteiger partial charge is 0.343 e. The summed E-state index contributed by atoms with van der Waals surface area (Å²) in [6.07, 6.45) is 0. The molecule has 0 aliphatic rings. The summed E-state index contributed by atoms with van der Waals surface area (Å²) in [5.41, 5.74) is 3.45. The zero-order valence-corrected chi connectivity index (χ0v) is 15.4. The van der Waals surface area contributed by atoms with Crippen LogP contribution in [0.4, 0.5) is 0 Å². The molecule has 0 fully saturated rings. The molecule has 0 bridgehead atoms. The van der Waals surface area contributed by atoms with E-state index in [1.807, 2.05) is 36.4 Å². The molecule has 4 nitrogen and oxygen atoms in total. The lowest BCUT2D eigenvalue weighted by atomic mass is 10.1. The second-order valence-corrected chi connectivity index (χ2v) is 6.86. The van der Waals surface area contributed by atoms with Crippen molar-refractivity contribution in [2.24, 2.45) is 0 Å². The Labute approximate surface area is 165 Å². The second-order valence-electron chi connectivity index (χ2n) is 6.43. The number of esters is 1. The highest BCUT2D eigenvalue weighted by atomic mass is 35.5. The lowest BCUT2D eigenvalue weighted by molar-refractivity contribution is 0.0735. The lowest BCUT2D eigenvalue weighted by Gasteiger charge is -2.07. The third-order valence-corrected chi connectivity index (χ3v) is 4.81. The van der Waals surface area contributed by atoms with Crippen molar-refractivity contribution < 1.29 is 9.53 Å². The van der Waals surface area contributed by atoms with Crippen LogP contribution in [0.2, 0.25) is 5.02 Å². The summed E-state index contributed by atoms with van der Waals surface area (Å²) in [5.74, 6) is -0.0626. The molecular formula is C23H13ClN2O2. The van der Waals surface area contributed by atoms with Gasteiger partial charge >= 0.3 is 5.97 Å². The van der Waals surface area contributed by atoms with Crippen LogP contribution in [0.1, 0.15) is 10.4 Å². The number of rotatable bonds is 2. The summed E-state index contributed by atoms with van der Waals surface area (Å²) in [7, 11) is 0. The minimum absolute atomic E-state index is 0.392. The van der Waals surface area contributed by atoms with Crippen molar-refractivity contribution in [1.29, 1.82) is 0 Å². The second kappa shape index (κ2) is 6.59. The van der Waals surface area contributed by atoms with Gasteiger partial charge in [-0.15, -0.1) is 0 Å². The van der Waals surface area contributed by atoms with Crippen molar-refractivity contribution in [3.8, 4) is 5.75 Å². The van der Waals surface area contributed by atoms with Crippen molar-refractivity contribution in [3.63, 3.8) is 0 Å². The molecule has 134 valence electrons. The molecule has 0 saturated carbocycles. The Morgan fingerprint density at radius 2 is 1.64 bits per heavy atom. The van der Waals surface area contributed by atoms with E-state index in [0.717, 1.165) is 27.3 Å². The number of fused-ring (bicyclic) bond motifs is 4. The van der Waals surface area contributed by atoms with E-state index in [-0.39, 0.29) is 0 Å². The summed E-state index contributed by atoms with van der Waals surface area (Å²) in [4.78, 5) is 21.9. The molecule has 0 amide bonds. The maximum atomic E-state index is 12.4. The zero-order valence-electron chi connectivity index (χ0n) is 14.6. The monoisotopic (exact) mass is 384 g/mol. The summed E-state index contributed by atoms with van der Waals surface area (Å²) in [6.45, 7) is 0. The molecule has 1 heterocycles. The molecule has 0 saturated heterocycles. The number of hydrogen-bond acceptors (Lipinski definition) is 4. The molecule has 5 aromatic rings. The molecule has 0 N–H and O–H groups in total. The van der Waals surface area contributed by atoms with Gasteiger partial charge in [-0.2, -0.15) is 0 Å². The fourth-order valence-electron chi connectivity index (χ4n) is 3.23. The molecule has 0 spiro atoms. The van der Waals surface area contributed by atoms with Crippen molar-refractivity contribution >= 4 is 50.4 Å². The van der Waals surface area contributed by atoms with E-state index < -0.39 is 5.97 Å². The number of carbonyl (C=O) groups is 1. The van der Waals surface area contributed by atoms with E-state index in [1.54, 1.807) is 42.5 Å². The maximum Gasteiger partial charge on any atom is 0.343 e. The number of benzene rings is 4. The number of ether oxygens (including phenoxy) is 1. The van der Waals surface area contributed by atoms with Crippen molar-refractivity contribution in [2.45, 2.75) is 0 Å². The highest BCUT2D eigenvalue weighted by Gasteiger charge is 2.11. The quantitative estimate of drug-likeness (QED) is 0.167. The van der Waals surface area contributed by atoms with E-state index in [1.165, 1.54) is 0 Å². The van der Waals surface area contributed by atoms with E-state index >= 15 is 0 Å². The largest absolute Gasteiger partial charge is 0.423 e. The van der Waals surface area contributed by atoms with Crippen LogP contribution in [0.5, 0.6) is 5.75 Å². The number of aromatic nitrogens is 2. The van der Waals surface area contributed by atoms with Gasteiger partial charge in [-0.05, 0) is 41.8 Å². The van der Waals surface area contributed by atoms with Gasteiger partial charge in [0.25, 0.3) is 0 Å².